The van der Waals surface area contributed by atoms with Crippen LogP contribution in [-0.2, 0) is 0 Å². The molecule has 0 spiro atoms. The molecule has 0 saturated heterocycles. The summed E-state index contributed by atoms with van der Waals surface area (Å²) in [5, 5.41) is 0.936. The van der Waals surface area contributed by atoms with Gasteiger partial charge in [0.25, 0.3) is 0 Å². The van der Waals surface area contributed by atoms with E-state index in [0.29, 0.717) is 17.2 Å². The zero-order valence-electron chi connectivity index (χ0n) is 10.3. The van der Waals surface area contributed by atoms with Crippen LogP contribution in [0.1, 0.15) is 5.56 Å². The van der Waals surface area contributed by atoms with Gasteiger partial charge in [-0.1, -0.05) is 28.1 Å². The molecule has 0 aliphatic heterocycles. The van der Waals surface area contributed by atoms with Crippen molar-refractivity contribution < 1.29 is 0 Å². The van der Waals surface area contributed by atoms with Crippen LogP contribution in [0.3, 0.4) is 0 Å². The lowest BCUT2D eigenvalue weighted by Crippen LogP contribution is -1.98. The molecule has 0 unspecified atom stereocenters. The number of anilines is 1. The molecule has 0 bridgehead atoms. The molecule has 0 amide bonds. The number of pyridine rings is 1. The van der Waals surface area contributed by atoms with Crippen molar-refractivity contribution in [3.63, 3.8) is 0 Å². The first-order valence-corrected chi connectivity index (χ1v) is 6.58. The monoisotopic (exact) mass is 314 g/mol. The number of nitrogens with zero attached hydrogens (tertiary/aromatic N) is 3. The van der Waals surface area contributed by atoms with Crippen molar-refractivity contribution in [1.82, 2.24) is 15.0 Å². The van der Waals surface area contributed by atoms with Crippen LogP contribution in [0.25, 0.3) is 22.3 Å². The lowest BCUT2D eigenvalue weighted by molar-refractivity contribution is 1.20. The molecule has 4 nitrogen and oxygen atoms in total. The molecule has 0 atom stereocenters. The molecule has 0 aliphatic rings. The van der Waals surface area contributed by atoms with Gasteiger partial charge in [-0.2, -0.15) is 0 Å². The fourth-order valence-corrected chi connectivity index (χ4v) is 2.33. The summed E-state index contributed by atoms with van der Waals surface area (Å²) >= 11 is 3.44. The van der Waals surface area contributed by atoms with Crippen LogP contribution in [-0.4, -0.2) is 15.0 Å². The van der Waals surface area contributed by atoms with Gasteiger partial charge in [-0.05, 0) is 24.6 Å². The molecule has 3 aromatic rings. The molecule has 2 heterocycles. The standard InChI is InChI=1S/C14H11BrN4/c1-8-6-17-13(16)12-11(8)7-18-14(19-12)9-3-2-4-10(15)5-9/h2-7H,1H3,(H2,16,17). The Morgan fingerprint density at radius 2 is 2.00 bits per heavy atom. The van der Waals surface area contributed by atoms with E-state index in [0.717, 1.165) is 21.0 Å². The highest BCUT2D eigenvalue weighted by molar-refractivity contribution is 9.10. The summed E-state index contributed by atoms with van der Waals surface area (Å²) in [5.74, 6) is 1.08. The maximum Gasteiger partial charge on any atom is 0.159 e. The van der Waals surface area contributed by atoms with E-state index >= 15 is 0 Å². The number of hydrogen-bond donors (Lipinski definition) is 1. The topological polar surface area (TPSA) is 64.7 Å². The number of nitrogen functional groups attached to an aromatic ring is 1. The van der Waals surface area contributed by atoms with Gasteiger partial charge in [-0.3, -0.25) is 0 Å². The minimum Gasteiger partial charge on any atom is -0.382 e. The first-order valence-electron chi connectivity index (χ1n) is 5.79. The van der Waals surface area contributed by atoms with E-state index in [4.69, 9.17) is 5.73 Å². The first kappa shape index (κ1) is 12.0. The van der Waals surface area contributed by atoms with E-state index in [9.17, 15) is 0 Å². The number of rotatable bonds is 1. The fraction of sp³-hybridized carbons (Fsp3) is 0.0714. The largest absolute Gasteiger partial charge is 0.382 e. The second-order valence-corrected chi connectivity index (χ2v) is 5.21. The smallest absolute Gasteiger partial charge is 0.159 e. The van der Waals surface area contributed by atoms with Crippen molar-refractivity contribution >= 4 is 32.7 Å². The van der Waals surface area contributed by atoms with E-state index in [2.05, 4.69) is 30.9 Å². The Kier molecular flexibility index (Phi) is 2.91. The second kappa shape index (κ2) is 4.59. The highest BCUT2D eigenvalue weighted by atomic mass is 79.9. The zero-order chi connectivity index (χ0) is 13.4. The number of aromatic nitrogens is 3. The maximum absolute atomic E-state index is 5.89. The minimum atomic E-state index is 0.430. The number of benzene rings is 1. The van der Waals surface area contributed by atoms with Gasteiger partial charge >= 0.3 is 0 Å². The van der Waals surface area contributed by atoms with Gasteiger partial charge in [0.05, 0.1) is 0 Å². The summed E-state index contributed by atoms with van der Waals surface area (Å²) in [5.41, 5.74) is 8.55. The predicted molar refractivity (Wildman–Crippen MR) is 79.6 cm³/mol. The van der Waals surface area contributed by atoms with Crippen molar-refractivity contribution in [3.05, 3.63) is 46.7 Å². The second-order valence-electron chi connectivity index (χ2n) is 4.29. The molecular weight excluding hydrogens is 304 g/mol. The van der Waals surface area contributed by atoms with E-state index in [1.165, 1.54) is 0 Å². The molecule has 94 valence electrons. The Balaban J connectivity index is 2.25. The van der Waals surface area contributed by atoms with Crippen LogP contribution in [0.2, 0.25) is 0 Å². The quantitative estimate of drug-likeness (QED) is 0.748. The van der Waals surface area contributed by atoms with Crippen LogP contribution < -0.4 is 5.73 Å². The van der Waals surface area contributed by atoms with Gasteiger partial charge in [0, 0.05) is 27.8 Å². The highest BCUT2D eigenvalue weighted by Crippen LogP contribution is 2.24. The third-order valence-corrected chi connectivity index (χ3v) is 3.43. The van der Waals surface area contributed by atoms with Crippen molar-refractivity contribution in [3.8, 4) is 11.4 Å². The zero-order valence-corrected chi connectivity index (χ0v) is 11.8. The van der Waals surface area contributed by atoms with Crippen LogP contribution in [0.4, 0.5) is 5.82 Å². The number of halogens is 1. The Labute approximate surface area is 118 Å². The Bertz CT molecular complexity index is 770. The first-order chi connectivity index (χ1) is 9.15. The molecule has 0 aliphatic carbocycles. The van der Waals surface area contributed by atoms with Crippen LogP contribution in [0.5, 0.6) is 0 Å². The van der Waals surface area contributed by atoms with Crippen molar-refractivity contribution in [1.29, 1.82) is 0 Å². The number of hydrogen-bond acceptors (Lipinski definition) is 4. The lowest BCUT2D eigenvalue weighted by Gasteiger charge is -2.06. The molecule has 19 heavy (non-hydrogen) atoms. The summed E-state index contributed by atoms with van der Waals surface area (Å²) in [6.07, 6.45) is 3.53. The minimum absolute atomic E-state index is 0.430. The van der Waals surface area contributed by atoms with Gasteiger partial charge in [0.1, 0.15) is 11.3 Å². The van der Waals surface area contributed by atoms with E-state index in [1.54, 1.807) is 12.4 Å². The molecule has 0 fully saturated rings. The summed E-state index contributed by atoms with van der Waals surface area (Å²) in [7, 11) is 0. The van der Waals surface area contributed by atoms with Crippen LogP contribution in [0.15, 0.2) is 41.1 Å². The molecule has 3 rings (SSSR count). The molecule has 2 aromatic heterocycles. The van der Waals surface area contributed by atoms with Crippen LogP contribution >= 0.6 is 15.9 Å². The number of fused-ring (bicyclic) bond motifs is 1. The summed E-state index contributed by atoms with van der Waals surface area (Å²) in [4.78, 5) is 13.1. The third-order valence-electron chi connectivity index (χ3n) is 2.94. The fourth-order valence-electron chi connectivity index (χ4n) is 1.93. The summed E-state index contributed by atoms with van der Waals surface area (Å²) in [6.45, 7) is 1.97. The Hall–Kier alpha value is -2.01. The third kappa shape index (κ3) is 2.17. The molecule has 0 saturated carbocycles. The number of aryl methyl sites for hydroxylation is 1. The number of nitrogens with two attached hydrogens (primary N) is 1. The molecule has 5 heteroatoms. The van der Waals surface area contributed by atoms with E-state index < -0.39 is 0 Å². The molecule has 0 radical (unpaired) electrons. The highest BCUT2D eigenvalue weighted by Gasteiger charge is 2.08. The van der Waals surface area contributed by atoms with Gasteiger partial charge < -0.3 is 5.73 Å². The summed E-state index contributed by atoms with van der Waals surface area (Å²) < 4.78 is 0.990. The van der Waals surface area contributed by atoms with E-state index in [-0.39, 0.29) is 0 Å². The molecule has 2 N–H and O–H groups in total. The van der Waals surface area contributed by atoms with Crippen molar-refractivity contribution in [2.75, 3.05) is 5.73 Å². The van der Waals surface area contributed by atoms with Gasteiger partial charge in [0.15, 0.2) is 5.82 Å². The Morgan fingerprint density at radius 1 is 1.16 bits per heavy atom. The van der Waals surface area contributed by atoms with Crippen LogP contribution in [0, 0.1) is 6.92 Å². The SMILES string of the molecule is Cc1cnc(N)c2nc(-c3cccc(Br)c3)ncc12. The van der Waals surface area contributed by atoms with Gasteiger partial charge in [-0.15, -0.1) is 0 Å². The predicted octanol–water partition coefficient (Wildman–Crippen LogP) is 3.34. The van der Waals surface area contributed by atoms with Gasteiger partial charge in [-0.25, -0.2) is 15.0 Å². The molecule has 1 aromatic carbocycles. The van der Waals surface area contributed by atoms with Crippen molar-refractivity contribution in [2.45, 2.75) is 6.92 Å². The normalized spacial score (nSPS) is 10.8. The van der Waals surface area contributed by atoms with Gasteiger partial charge in [0.2, 0.25) is 0 Å². The maximum atomic E-state index is 5.89. The van der Waals surface area contributed by atoms with Crippen molar-refractivity contribution in [2.24, 2.45) is 0 Å². The average Bonchev–Trinajstić information content (AvgIpc) is 2.43. The average molecular weight is 315 g/mol. The van der Waals surface area contributed by atoms with E-state index in [1.807, 2.05) is 31.2 Å². The molecular formula is C14H11BrN4. The lowest BCUT2D eigenvalue weighted by atomic mass is 10.1. The Morgan fingerprint density at radius 3 is 2.79 bits per heavy atom. The summed E-state index contributed by atoms with van der Waals surface area (Å²) in [6, 6.07) is 7.85.